The molecule has 6 heteroatoms. The van der Waals surface area contributed by atoms with Crippen LogP contribution in [0.3, 0.4) is 0 Å². The molecular formula is C22H23N3O3. The zero-order chi connectivity index (χ0) is 19.5. The molecule has 28 heavy (non-hydrogen) atoms. The van der Waals surface area contributed by atoms with Crippen molar-refractivity contribution in [1.82, 2.24) is 15.1 Å². The van der Waals surface area contributed by atoms with Crippen LogP contribution in [0.5, 0.6) is 0 Å². The number of aromatic amines is 1. The lowest BCUT2D eigenvalue weighted by molar-refractivity contribution is 0.109. The van der Waals surface area contributed by atoms with Crippen LogP contribution in [0, 0.1) is 5.92 Å². The van der Waals surface area contributed by atoms with Crippen molar-refractivity contribution in [3.63, 3.8) is 0 Å². The number of rotatable bonds is 5. The summed E-state index contributed by atoms with van der Waals surface area (Å²) in [5.74, 6) is 1.27. The molecule has 1 aliphatic heterocycles. The lowest BCUT2D eigenvalue weighted by Crippen LogP contribution is -2.19. The summed E-state index contributed by atoms with van der Waals surface area (Å²) in [6.07, 6.45) is 5.45. The van der Waals surface area contributed by atoms with Crippen LogP contribution in [0.2, 0.25) is 0 Å². The minimum Gasteiger partial charge on any atom is -0.376 e. The Bertz CT molecular complexity index is 1050. The standard InChI is InChI=1S/C22H23N3O3/c1-14(2)11-16-5-3-15(4-6-16)7-8-20-24-21(25-28-20)18-12-17-13-27-10-9-19(17)23-22(18)26/h3-8,12,14H,9-11,13H2,1-2H3,(H,23,26)/b8-7+. The van der Waals surface area contributed by atoms with E-state index in [0.717, 1.165) is 23.2 Å². The van der Waals surface area contributed by atoms with Gasteiger partial charge in [0.25, 0.3) is 11.4 Å². The number of fused-ring (bicyclic) bond motifs is 1. The van der Waals surface area contributed by atoms with Crippen molar-refractivity contribution in [2.75, 3.05) is 6.61 Å². The maximum atomic E-state index is 12.4. The maximum Gasteiger partial charge on any atom is 0.259 e. The highest BCUT2D eigenvalue weighted by Crippen LogP contribution is 2.19. The zero-order valence-electron chi connectivity index (χ0n) is 16.1. The summed E-state index contributed by atoms with van der Waals surface area (Å²) in [5.41, 5.74) is 4.44. The Morgan fingerprint density at radius 3 is 2.82 bits per heavy atom. The molecule has 0 aliphatic carbocycles. The number of benzene rings is 1. The van der Waals surface area contributed by atoms with Gasteiger partial charge >= 0.3 is 0 Å². The van der Waals surface area contributed by atoms with Gasteiger partial charge in [-0.2, -0.15) is 4.98 Å². The molecule has 0 unspecified atom stereocenters. The lowest BCUT2D eigenvalue weighted by Gasteiger charge is -2.15. The average molecular weight is 377 g/mol. The van der Waals surface area contributed by atoms with Gasteiger partial charge in [-0.05, 0) is 41.2 Å². The number of pyridine rings is 1. The van der Waals surface area contributed by atoms with Crippen molar-refractivity contribution in [3.05, 3.63) is 69.0 Å². The van der Waals surface area contributed by atoms with Crippen molar-refractivity contribution < 1.29 is 9.26 Å². The quantitative estimate of drug-likeness (QED) is 0.730. The minimum absolute atomic E-state index is 0.210. The second-order valence-electron chi connectivity index (χ2n) is 7.45. The predicted octanol–water partition coefficient (Wildman–Crippen LogP) is 3.87. The first kappa shape index (κ1) is 18.4. The van der Waals surface area contributed by atoms with Gasteiger partial charge in [0.05, 0.1) is 18.8 Å². The van der Waals surface area contributed by atoms with Crippen molar-refractivity contribution in [2.45, 2.75) is 33.3 Å². The van der Waals surface area contributed by atoms with Crippen molar-refractivity contribution in [1.29, 1.82) is 0 Å². The topological polar surface area (TPSA) is 81.0 Å². The van der Waals surface area contributed by atoms with E-state index in [2.05, 4.69) is 53.2 Å². The van der Waals surface area contributed by atoms with E-state index in [9.17, 15) is 4.79 Å². The van der Waals surface area contributed by atoms with Gasteiger partial charge in [0.2, 0.25) is 5.82 Å². The number of nitrogens with one attached hydrogen (secondary N) is 1. The van der Waals surface area contributed by atoms with Gasteiger partial charge in [0, 0.05) is 18.2 Å². The Labute approximate surface area is 163 Å². The molecule has 0 radical (unpaired) electrons. The van der Waals surface area contributed by atoms with Gasteiger partial charge in [-0.25, -0.2) is 0 Å². The second-order valence-corrected chi connectivity index (χ2v) is 7.45. The number of ether oxygens (including phenoxy) is 1. The van der Waals surface area contributed by atoms with E-state index < -0.39 is 0 Å². The smallest absolute Gasteiger partial charge is 0.259 e. The monoisotopic (exact) mass is 377 g/mol. The van der Waals surface area contributed by atoms with E-state index in [1.807, 2.05) is 6.08 Å². The summed E-state index contributed by atoms with van der Waals surface area (Å²) in [7, 11) is 0. The number of hydrogen-bond donors (Lipinski definition) is 1. The summed E-state index contributed by atoms with van der Waals surface area (Å²) in [6.45, 7) is 5.53. The van der Waals surface area contributed by atoms with Crippen molar-refractivity contribution in [2.24, 2.45) is 5.92 Å². The Morgan fingerprint density at radius 1 is 1.21 bits per heavy atom. The van der Waals surface area contributed by atoms with Crippen LogP contribution >= 0.6 is 0 Å². The van der Waals surface area contributed by atoms with Crippen LogP contribution in [-0.2, 0) is 24.2 Å². The van der Waals surface area contributed by atoms with E-state index >= 15 is 0 Å². The van der Waals surface area contributed by atoms with Gasteiger partial charge < -0.3 is 14.2 Å². The first-order chi connectivity index (χ1) is 13.6. The Balaban J connectivity index is 1.52. The fourth-order valence-corrected chi connectivity index (χ4v) is 3.30. The number of hydrogen-bond acceptors (Lipinski definition) is 5. The van der Waals surface area contributed by atoms with Crippen LogP contribution in [0.25, 0.3) is 23.5 Å². The van der Waals surface area contributed by atoms with E-state index in [1.54, 1.807) is 12.1 Å². The summed E-state index contributed by atoms with van der Waals surface area (Å²) in [6, 6.07) is 10.2. The molecule has 1 aromatic carbocycles. The van der Waals surface area contributed by atoms with Crippen molar-refractivity contribution >= 4 is 12.2 Å². The molecule has 2 aromatic heterocycles. The largest absolute Gasteiger partial charge is 0.376 e. The minimum atomic E-state index is -0.210. The third-order valence-corrected chi connectivity index (χ3v) is 4.69. The molecule has 0 atom stereocenters. The van der Waals surface area contributed by atoms with E-state index in [-0.39, 0.29) is 11.4 Å². The molecule has 1 aliphatic rings. The Kier molecular flexibility index (Phi) is 5.21. The fraction of sp³-hybridized carbons (Fsp3) is 0.318. The molecule has 0 spiro atoms. The average Bonchev–Trinajstić information content (AvgIpc) is 3.15. The number of aromatic nitrogens is 3. The van der Waals surface area contributed by atoms with Gasteiger partial charge in [0.1, 0.15) is 0 Å². The van der Waals surface area contributed by atoms with Crippen LogP contribution in [0.1, 0.15) is 42.1 Å². The first-order valence-electron chi connectivity index (χ1n) is 9.52. The Morgan fingerprint density at radius 2 is 2.04 bits per heavy atom. The third kappa shape index (κ3) is 4.12. The molecule has 0 bridgehead atoms. The van der Waals surface area contributed by atoms with E-state index in [0.29, 0.717) is 37.0 Å². The highest BCUT2D eigenvalue weighted by atomic mass is 16.5. The van der Waals surface area contributed by atoms with Crippen LogP contribution in [-0.4, -0.2) is 21.7 Å². The molecule has 0 amide bonds. The highest BCUT2D eigenvalue weighted by Gasteiger charge is 2.17. The maximum absolute atomic E-state index is 12.4. The first-order valence-corrected chi connectivity index (χ1v) is 9.52. The molecule has 4 rings (SSSR count). The van der Waals surface area contributed by atoms with Gasteiger partial charge in [-0.15, -0.1) is 0 Å². The molecule has 144 valence electrons. The lowest BCUT2D eigenvalue weighted by atomic mass is 10.0. The number of nitrogens with zero attached hydrogens (tertiary/aromatic N) is 2. The number of H-pyrrole nitrogens is 1. The van der Waals surface area contributed by atoms with Gasteiger partial charge in [0.15, 0.2) is 0 Å². The molecule has 0 saturated carbocycles. The fourth-order valence-electron chi connectivity index (χ4n) is 3.30. The second kappa shape index (κ2) is 7.94. The molecule has 0 fully saturated rings. The Hall–Kier alpha value is -2.99. The molecule has 0 saturated heterocycles. The van der Waals surface area contributed by atoms with Gasteiger partial charge in [-0.3, -0.25) is 4.79 Å². The van der Waals surface area contributed by atoms with Crippen LogP contribution < -0.4 is 5.56 Å². The normalized spacial score (nSPS) is 14.0. The summed E-state index contributed by atoms with van der Waals surface area (Å²) in [4.78, 5) is 19.6. The zero-order valence-corrected chi connectivity index (χ0v) is 16.1. The summed E-state index contributed by atoms with van der Waals surface area (Å²) >= 11 is 0. The van der Waals surface area contributed by atoms with E-state index in [4.69, 9.17) is 9.26 Å². The SMILES string of the molecule is CC(C)Cc1ccc(/C=C/c2nc(-c3cc4c([nH]c3=O)CCOC4)no2)cc1. The van der Waals surface area contributed by atoms with Crippen molar-refractivity contribution in [3.8, 4) is 11.4 Å². The van der Waals surface area contributed by atoms with Crippen LogP contribution in [0.15, 0.2) is 39.6 Å². The van der Waals surface area contributed by atoms with Crippen LogP contribution in [0.4, 0.5) is 0 Å². The highest BCUT2D eigenvalue weighted by molar-refractivity contribution is 5.67. The molecule has 3 heterocycles. The molecule has 6 nitrogen and oxygen atoms in total. The molecule has 3 aromatic rings. The van der Waals surface area contributed by atoms with E-state index in [1.165, 1.54) is 5.56 Å². The molecular weight excluding hydrogens is 354 g/mol. The van der Waals surface area contributed by atoms with Gasteiger partial charge in [-0.1, -0.05) is 43.3 Å². The summed E-state index contributed by atoms with van der Waals surface area (Å²) < 4.78 is 10.7. The summed E-state index contributed by atoms with van der Waals surface area (Å²) in [5, 5.41) is 3.96. The predicted molar refractivity (Wildman–Crippen MR) is 108 cm³/mol. The molecule has 1 N–H and O–H groups in total. The third-order valence-electron chi connectivity index (χ3n) is 4.69.